The second-order valence-electron chi connectivity index (χ2n) is 6.33. The molecule has 0 aromatic carbocycles. The van der Waals surface area contributed by atoms with Crippen LogP contribution in [-0.2, 0) is 10.0 Å². The van der Waals surface area contributed by atoms with Gasteiger partial charge in [-0.15, -0.1) is 0 Å². The van der Waals surface area contributed by atoms with Gasteiger partial charge >= 0.3 is 0 Å². The molecule has 4 nitrogen and oxygen atoms in total. The first-order valence-corrected chi connectivity index (χ1v) is 8.82. The van der Waals surface area contributed by atoms with Crippen LogP contribution in [0.2, 0.25) is 0 Å². The van der Waals surface area contributed by atoms with E-state index in [1.807, 2.05) is 0 Å². The molecule has 1 unspecified atom stereocenters. The SMILES string of the molecule is CC1(CNS(=O)(=O)CC2CCCNC2)CCCC1. The molecule has 1 aliphatic heterocycles. The largest absolute Gasteiger partial charge is 0.316 e. The normalized spacial score (nSPS) is 28.4. The lowest BCUT2D eigenvalue weighted by atomic mass is 9.89. The highest BCUT2D eigenvalue weighted by atomic mass is 32.2. The van der Waals surface area contributed by atoms with Crippen molar-refractivity contribution in [3.8, 4) is 0 Å². The van der Waals surface area contributed by atoms with Gasteiger partial charge in [-0.25, -0.2) is 13.1 Å². The standard InChI is InChI=1S/C13H26N2O2S/c1-13(6-2-3-7-13)11-15-18(16,17)10-12-5-4-8-14-9-12/h12,14-15H,2-11H2,1H3. The van der Waals surface area contributed by atoms with Gasteiger partial charge in [-0.2, -0.15) is 0 Å². The van der Waals surface area contributed by atoms with E-state index in [2.05, 4.69) is 17.0 Å². The van der Waals surface area contributed by atoms with Crippen LogP contribution in [0.15, 0.2) is 0 Å². The molecule has 0 bridgehead atoms. The Morgan fingerprint density at radius 1 is 1.28 bits per heavy atom. The maximum Gasteiger partial charge on any atom is 0.211 e. The number of rotatable bonds is 5. The molecule has 1 heterocycles. The number of sulfonamides is 1. The van der Waals surface area contributed by atoms with Crippen molar-refractivity contribution < 1.29 is 8.42 Å². The molecule has 1 aliphatic carbocycles. The van der Waals surface area contributed by atoms with Gasteiger partial charge in [0.1, 0.15) is 0 Å². The van der Waals surface area contributed by atoms with E-state index in [9.17, 15) is 8.42 Å². The van der Waals surface area contributed by atoms with Crippen LogP contribution in [-0.4, -0.2) is 33.8 Å². The van der Waals surface area contributed by atoms with E-state index < -0.39 is 10.0 Å². The molecule has 1 saturated heterocycles. The lowest BCUT2D eigenvalue weighted by Gasteiger charge is -2.26. The summed E-state index contributed by atoms with van der Waals surface area (Å²) in [6, 6.07) is 0. The van der Waals surface area contributed by atoms with E-state index >= 15 is 0 Å². The van der Waals surface area contributed by atoms with Crippen LogP contribution >= 0.6 is 0 Å². The molecule has 2 N–H and O–H groups in total. The highest BCUT2D eigenvalue weighted by Crippen LogP contribution is 2.36. The molecule has 18 heavy (non-hydrogen) atoms. The average molecular weight is 274 g/mol. The summed E-state index contributed by atoms with van der Waals surface area (Å²) < 4.78 is 27.0. The third kappa shape index (κ3) is 4.21. The summed E-state index contributed by atoms with van der Waals surface area (Å²) in [7, 11) is -3.10. The predicted molar refractivity (Wildman–Crippen MR) is 74.0 cm³/mol. The van der Waals surface area contributed by atoms with E-state index in [1.54, 1.807) is 0 Å². The average Bonchev–Trinajstić information content (AvgIpc) is 2.76. The molecule has 0 aromatic heterocycles. The minimum atomic E-state index is -3.10. The van der Waals surface area contributed by atoms with Crippen LogP contribution in [0.5, 0.6) is 0 Å². The summed E-state index contributed by atoms with van der Waals surface area (Å²) in [5, 5.41) is 3.27. The van der Waals surface area contributed by atoms with Gasteiger partial charge in [0.15, 0.2) is 0 Å². The van der Waals surface area contributed by atoms with Crippen LogP contribution in [0.3, 0.4) is 0 Å². The van der Waals surface area contributed by atoms with Gasteiger partial charge in [0.25, 0.3) is 0 Å². The van der Waals surface area contributed by atoms with Gasteiger partial charge < -0.3 is 5.32 Å². The second-order valence-corrected chi connectivity index (χ2v) is 8.18. The molecular formula is C13H26N2O2S. The van der Waals surface area contributed by atoms with Crippen LogP contribution in [0.4, 0.5) is 0 Å². The van der Waals surface area contributed by atoms with E-state index in [0.29, 0.717) is 6.54 Å². The van der Waals surface area contributed by atoms with Gasteiger partial charge in [0.05, 0.1) is 5.75 Å². The topological polar surface area (TPSA) is 58.2 Å². The fraction of sp³-hybridized carbons (Fsp3) is 1.00. The fourth-order valence-electron chi connectivity index (χ4n) is 3.12. The molecule has 2 rings (SSSR count). The Hall–Kier alpha value is -0.130. The van der Waals surface area contributed by atoms with Crippen molar-refractivity contribution in [2.24, 2.45) is 11.3 Å². The molecule has 0 amide bonds. The minimum absolute atomic E-state index is 0.192. The molecule has 1 atom stereocenters. The molecule has 0 aromatic rings. The number of nitrogens with one attached hydrogen (secondary N) is 2. The highest BCUT2D eigenvalue weighted by molar-refractivity contribution is 7.89. The van der Waals surface area contributed by atoms with Crippen molar-refractivity contribution in [3.05, 3.63) is 0 Å². The van der Waals surface area contributed by atoms with E-state index in [1.165, 1.54) is 12.8 Å². The van der Waals surface area contributed by atoms with Crippen molar-refractivity contribution in [2.45, 2.75) is 45.4 Å². The first-order chi connectivity index (χ1) is 8.49. The zero-order valence-electron chi connectivity index (χ0n) is 11.4. The first kappa shape index (κ1) is 14.3. The molecule has 1 saturated carbocycles. The smallest absolute Gasteiger partial charge is 0.211 e. The number of piperidine rings is 1. The Labute approximate surface area is 111 Å². The van der Waals surface area contributed by atoms with Gasteiger partial charge in [0.2, 0.25) is 10.0 Å². The maximum atomic E-state index is 12.1. The van der Waals surface area contributed by atoms with Crippen molar-refractivity contribution in [2.75, 3.05) is 25.4 Å². The molecule has 106 valence electrons. The Bertz CT molecular complexity index is 355. The summed E-state index contributed by atoms with van der Waals surface area (Å²) in [6.45, 7) is 4.69. The lowest BCUT2D eigenvalue weighted by Crippen LogP contribution is -2.40. The Balaban J connectivity index is 1.79. The van der Waals surface area contributed by atoms with Gasteiger partial charge in [-0.1, -0.05) is 19.8 Å². The van der Waals surface area contributed by atoms with Crippen LogP contribution in [0.25, 0.3) is 0 Å². The summed E-state index contributed by atoms with van der Waals surface area (Å²) in [5.74, 6) is 0.573. The van der Waals surface area contributed by atoms with Crippen molar-refractivity contribution in [3.63, 3.8) is 0 Å². The van der Waals surface area contributed by atoms with E-state index in [0.717, 1.165) is 38.8 Å². The zero-order valence-corrected chi connectivity index (χ0v) is 12.2. The summed E-state index contributed by atoms with van der Waals surface area (Å²) in [6.07, 6.45) is 6.92. The monoisotopic (exact) mass is 274 g/mol. The molecule has 0 radical (unpaired) electrons. The molecule has 5 heteroatoms. The molecular weight excluding hydrogens is 248 g/mol. The Morgan fingerprint density at radius 3 is 2.61 bits per heavy atom. The van der Waals surface area contributed by atoms with Gasteiger partial charge in [-0.05, 0) is 50.1 Å². The second kappa shape index (κ2) is 5.88. The quantitative estimate of drug-likeness (QED) is 0.798. The van der Waals surface area contributed by atoms with Crippen LogP contribution < -0.4 is 10.0 Å². The van der Waals surface area contributed by atoms with Crippen molar-refractivity contribution in [1.29, 1.82) is 0 Å². The van der Waals surface area contributed by atoms with Crippen molar-refractivity contribution >= 4 is 10.0 Å². The van der Waals surface area contributed by atoms with E-state index in [-0.39, 0.29) is 17.1 Å². The lowest BCUT2D eigenvalue weighted by molar-refractivity contribution is 0.334. The first-order valence-electron chi connectivity index (χ1n) is 7.17. The van der Waals surface area contributed by atoms with Gasteiger partial charge in [0, 0.05) is 6.54 Å². The van der Waals surface area contributed by atoms with Gasteiger partial charge in [-0.3, -0.25) is 0 Å². The maximum absolute atomic E-state index is 12.1. The summed E-state index contributed by atoms with van der Waals surface area (Å²) in [4.78, 5) is 0. The molecule has 0 spiro atoms. The van der Waals surface area contributed by atoms with Crippen molar-refractivity contribution in [1.82, 2.24) is 10.0 Å². The molecule has 2 aliphatic rings. The summed E-state index contributed by atoms with van der Waals surface area (Å²) in [5.41, 5.74) is 0.192. The summed E-state index contributed by atoms with van der Waals surface area (Å²) >= 11 is 0. The third-order valence-electron chi connectivity index (χ3n) is 4.38. The Morgan fingerprint density at radius 2 is 2.00 bits per heavy atom. The van der Waals surface area contributed by atoms with Crippen LogP contribution in [0.1, 0.15) is 45.4 Å². The zero-order chi connectivity index (χ0) is 13.1. The highest BCUT2D eigenvalue weighted by Gasteiger charge is 2.30. The van der Waals surface area contributed by atoms with E-state index in [4.69, 9.17) is 0 Å². The predicted octanol–water partition coefficient (Wildman–Crippen LogP) is 1.49. The third-order valence-corrected chi connectivity index (χ3v) is 5.88. The minimum Gasteiger partial charge on any atom is -0.316 e. The fourth-order valence-corrected chi connectivity index (χ4v) is 4.72. The molecule has 2 fully saturated rings. The number of hydrogen-bond acceptors (Lipinski definition) is 3. The van der Waals surface area contributed by atoms with Crippen LogP contribution in [0, 0.1) is 11.3 Å². The Kier molecular flexibility index (Phi) is 4.67. The number of hydrogen-bond donors (Lipinski definition) is 2.